The molecule has 2 aromatic heterocycles. The summed E-state index contributed by atoms with van der Waals surface area (Å²) >= 11 is 7.49. The zero-order chi connectivity index (χ0) is 20.5. The SMILES string of the molecule is COc1ccc(C(=O)O)cc1Sc1cn(-c2ccc(Cl)nc2C)c2ccccc12. The van der Waals surface area contributed by atoms with Crippen LogP contribution in [0.1, 0.15) is 16.1 Å². The van der Waals surface area contributed by atoms with Crippen LogP contribution >= 0.6 is 23.4 Å². The van der Waals surface area contributed by atoms with Crippen molar-refractivity contribution in [1.29, 1.82) is 0 Å². The average Bonchev–Trinajstić information content (AvgIpc) is 3.06. The number of fused-ring (bicyclic) bond motifs is 1. The van der Waals surface area contributed by atoms with Crippen molar-refractivity contribution < 1.29 is 14.6 Å². The molecule has 146 valence electrons. The third-order valence-electron chi connectivity index (χ3n) is 4.59. The van der Waals surface area contributed by atoms with E-state index in [0.717, 1.165) is 32.1 Å². The van der Waals surface area contributed by atoms with E-state index in [-0.39, 0.29) is 5.56 Å². The molecule has 0 aliphatic carbocycles. The number of nitrogens with zero attached hydrogens (tertiary/aromatic N) is 2. The van der Waals surface area contributed by atoms with Crippen LogP contribution in [-0.4, -0.2) is 27.7 Å². The summed E-state index contributed by atoms with van der Waals surface area (Å²) in [5, 5.41) is 10.8. The molecular weight excluding hydrogens is 408 g/mol. The summed E-state index contributed by atoms with van der Waals surface area (Å²) < 4.78 is 7.52. The van der Waals surface area contributed by atoms with Gasteiger partial charge in [-0.2, -0.15) is 0 Å². The minimum Gasteiger partial charge on any atom is -0.496 e. The number of pyridine rings is 1. The number of ether oxygens (including phenoxy) is 1. The van der Waals surface area contributed by atoms with Crippen LogP contribution in [-0.2, 0) is 0 Å². The second-order valence-corrected chi connectivity index (χ2v) is 7.86. The molecule has 1 N–H and O–H groups in total. The highest BCUT2D eigenvalue weighted by molar-refractivity contribution is 7.99. The predicted molar refractivity (Wildman–Crippen MR) is 115 cm³/mol. The van der Waals surface area contributed by atoms with E-state index in [9.17, 15) is 9.90 Å². The van der Waals surface area contributed by atoms with E-state index < -0.39 is 5.97 Å². The lowest BCUT2D eigenvalue weighted by Gasteiger charge is -2.09. The number of aromatic nitrogens is 2. The van der Waals surface area contributed by atoms with Gasteiger partial charge < -0.3 is 14.4 Å². The molecule has 7 heteroatoms. The molecule has 0 amide bonds. The van der Waals surface area contributed by atoms with Crippen molar-refractivity contribution in [2.45, 2.75) is 16.7 Å². The number of para-hydroxylation sites is 1. The van der Waals surface area contributed by atoms with Crippen LogP contribution in [0.3, 0.4) is 0 Å². The summed E-state index contributed by atoms with van der Waals surface area (Å²) in [6, 6.07) is 16.6. The minimum absolute atomic E-state index is 0.217. The lowest BCUT2D eigenvalue weighted by molar-refractivity contribution is 0.0696. The first kappa shape index (κ1) is 19.4. The monoisotopic (exact) mass is 424 g/mol. The Labute approximate surface area is 176 Å². The normalized spacial score (nSPS) is 11.0. The molecule has 0 atom stereocenters. The van der Waals surface area contributed by atoms with Crippen LogP contribution in [0.5, 0.6) is 5.75 Å². The maximum absolute atomic E-state index is 11.4. The van der Waals surface area contributed by atoms with E-state index in [0.29, 0.717) is 10.9 Å². The summed E-state index contributed by atoms with van der Waals surface area (Å²) in [6.45, 7) is 1.92. The van der Waals surface area contributed by atoms with E-state index in [1.807, 2.05) is 43.5 Å². The minimum atomic E-state index is -0.972. The smallest absolute Gasteiger partial charge is 0.335 e. The largest absolute Gasteiger partial charge is 0.496 e. The standard InChI is InChI=1S/C22H17ClN2O3S/c1-13-16(8-10-21(23)24-13)25-12-20(15-5-3-4-6-17(15)25)29-19-11-14(22(26)27)7-9-18(19)28-2/h3-12H,1-2H3,(H,26,27). The first-order chi connectivity index (χ1) is 14.0. The van der Waals surface area contributed by atoms with Gasteiger partial charge in [0.25, 0.3) is 0 Å². The summed E-state index contributed by atoms with van der Waals surface area (Å²) in [7, 11) is 1.58. The number of aromatic carboxylic acids is 1. The second-order valence-electron chi connectivity index (χ2n) is 6.39. The Morgan fingerprint density at radius 3 is 2.66 bits per heavy atom. The molecule has 0 unspecified atom stereocenters. The number of benzene rings is 2. The molecule has 0 bridgehead atoms. The van der Waals surface area contributed by atoms with Gasteiger partial charge in [-0.3, -0.25) is 0 Å². The molecule has 4 rings (SSSR count). The topological polar surface area (TPSA) is 64.3 Å². The molecule has 2 heterocycles. The van der Waals surface area contributed by atoms with Crippen LogP contribution in [0.25, 0.3) is 16.6 Å². The van der Waals surface area contributed by atoms with Crippen LogP contribution in [0.4, 0.5) is 0 Å². The Morgan fingerprint density at radius 1 is 1.14 bits per heavy atom. The number of hydrogen-bond donors (Lipinski definition) is 1. The van der Waals surface area contributed by atoms with Gasteiger partial charge in [-0.1, -0.05) is 41.6 Å². The van der Waals surface area contributed by atoms with Gasteiger partial charge in [0.2, 0.25) is 0 Å². The molecule has 0 spiro atoms. The van der Waals surface area contributed by atoms with Gasteiger partial charge in [0.1, 0.15) is 10.9 Å². The fraction of sp³-hybridized carbons (Fsp3) is 0.0909. The fourth-order valence-electron chi connectivity index (χ4n) is 3.21. The molecular formula is C22H17ClN2O3S. The Hall–Kier alpha value is -2.96. The summed E-state index contributed by atoms with van der Waals surface area (Å²) in [5.74, 6) is -0.346. The van der Waals surface area contributed by atoms with Crippen LogP contribution in [0.15, 0.2) is 70.6 Å². The number of hydrogen-bond acceptors (Lipinski definition) is 4. The van der Waals surface area contributed by atoms with Gasteiger partial charge in [-0.15, -0.1) is 0 Å². The number of carbonyl (C=O) groups is 1. The number of carboxylic acids is 1. The third-order valence-corrected chi connectivity index (χ3v) is 5.88. The lowest BCUT2D eigenvalue weighted by Crippen LogP contribution is -1.97. The Morgan fingerprint density at radius 2 is 1.93 bits per heavy atom. The highest BCUT2D eigenvalue weighted by Gasteiger charge is 2.16. The highest BCUT2D eigenvalue weighted by Crippen LogP contribution is 2.40. The van der Waals surface area contributed by atoms with Crippen molar-refractivity contribution in [3.63, 3.8) is 0 Å². The average molecular weight is 425 g/mol. The van der Waals surface area contributed by atoms with Crippen molar-refractivity contribution in [2.24, 2.45) is 0 Å². The second kappa shape index (κ2) is 7.81. The third kappa shape index (κ3) is 3.69. The number of rotatable bonds is 5. The van der Waals surface area contributed by atoms with Crippen molar-refractivity contribution in [3.05, 3.63) is 77.2 Å². The first-order valence-corrected chi connectivity index (χ1v) is 10.00. The van der Waals surface area contributed by atoms with E-state index >= 15 is 0 Å². The molecule has 0 saturated heterocycles. The van der Waals surface area contributed by atoms with Crippen LogP contribution < -0.4 is 4.74 Å². The van der Waals surface area contributed by atoms with Gasteiger partial charge >= 0.3 is 5.97 Å². The maximum atomic E-state index is 11.4. The van der Waals surface area contributed by atoms with E-state index in [4.69, 9.17) is 16.3 Å². The van der Waals surface area contributed by atoms with E-state index in [2.05, 4.69) is 9.55 Å². The van der Waals surface area contributed by atoms with Crippen LogP contribution in [0, 0.1) is 6.92 Å². The number of carboxylic acid groups (broad SMARTS) is 1. The van der Waals surface area contributed by atoms with Gasteiger partial charge in [-0.25, -0.2) is 9.78 Å². The van der Waals surface area contributed by atoms with Gasteiger partial charge in [0.15, 0.2) is 0 Å². The predicted octanol–water partition coefficient (Wildman–Crippen LogP) is 5.85. The van der Waals surface area contributed by atoms with Crippen molar-refractivity contribution in [3.8, 4) is 11.4 Å². The summed E-state index contributed by atoms with van der Waals surface area (Å²) in [6.07, 6.45) is 2.03. The zero-order valence-electron chi connectivity index (χ0n) is 15.7. The summed E-state index contributed by atoms with van der Waals surface area (Å²) in [5.41, 5.74) is 2.99. The maximum Gasteiger partial charge on any atom is 0.335 e. The van der Waals surface area contributed by atoms with Crippen LogP contribution in [0.2, 0.25) is 5.15 Å². The molecule has 4 aromatic rings. The number of halogens is 1. The van der Waals surface area contributed by atoms with Crippen molar-refractivity contribution >= 4 is 40.2 Å². The molecule has 0 fully saturated rings. The molecule has 2 aromatic carbocycles. The number of methoxy groups -OCH3 is 1. The Kier molecular flexibility index (Phi) is 5.22. The molecule has 0 aliphatic heterocycles. The number of aryl methyl sites for hydroxylation is 1. The Balaban J connectivity index is 1.86. The highest BCUT2D eigenvalue weighted by atomic mass is 35.5. The van der Waals surface area contributed by atoms with Gasteiger partial charge in [0, 0.05) is 16.5 Å². The molecule has 0 radical (unpaired) electrons. The molecule has 5 nitrogen and oxygen atoms in total. The molecule has 0 aliphatic rings. The van der Waals surface area contributed by atoms with Crippen molar-refractivity contribution in [1.82, 2.24) is 9.55 Å². The molecule has 0 saturated carbocycles. The lowest BCUT2D eigenvalue weighted by atomic mass is 10.2. The van der Waals surface area contributed by atoms with E-state index in [1.54, 1.807) is 25.3 Å². The zero-order valence-corrected chi connectivity index (χ0v) is 17.3. The van der Waals surface area contributed by atoms with Gasteiger partial charge in [0.05, 0.1) is 34.5 Å². The quantitative estimate of drug-likeness (QED) is 0.407. The van der Waals surface area contributed by atoms with Gasteiger partial charge in [-0.05, 0) is 43.3 Å². The molecule has 29 heavy (non-hydrogen) atoms. The van der Waals surface area contributed by atoms with E-state index in [1.165, 1.54) is 17.8 Å². The summed E-state index contributed by atoms with van der Waals surface area (Å²) in [4.78, 5) is 17.5. The van der Waals surface area contributed by atoms with Crippen molar-refractivity contribution in [2.75, 3.05) is 7.11 Å². The first-order valence-electron chi connectivity index (χ1n) is 8.80. The Bertz CT molecular complexity index is 1240. The fourth-order valence-corrected chi connectivity index (χ4v) is 4.52.